The number of nitrogens with zero attached hydrogens (tertiary/aromatic N) is 2. The Hall–Kier alpha value is -1.84. The third-order valence-corrected chi connectivity index (χ3v) is 6.09. The number of anilines is 2. The van der Waals surface area contributed by atoms with Crippen molar-refractivity contribution < 1.29 is 17.4 Å². The maximum Gasteiger partial charge on any atom is 0.214 e. The van der Waals surface area contributed by atoms with Gasteiger partial charge in [-0.2, -0.15) is 4.39 Å². The Morgan fingerprint density at radius 2 is 2.00 bits per heavy atom. The van der Waals surface area contributed by atoms with E-state index >= 15 is 0 Å². The van der Waals surface area contributed by atoms with E-state index in [0.29, 0.717) is 13.1 Å². The van der Waals surface area contributed by atoms with Crippen molar-refractivity contribution in [2.75, 3.05) is 35.8 Å². The van der Waals surface area contributed by atoms with Crippen LogP contribution in [-0.4, -0.2) is 35.4 Å². The first-order chi connectivity index (χ1) is 12.4. The summed E-state index contributed by atoms with van der Waals surface area (Å²) >= 11 is 6.07. The van der Waals surface area contributed by atoms with Crippen LogP contribution in [0.2, 0.25) is 5.02 Å². The average Bonchev–Trinajstić information content (AvgIpc) is 2.49. The molecule has 1 unspecified atom stereocenters. The van der Waals surface area contributed by atoms with Gasteiger partial charge in [-0.3, -0.25) is 4.72 Å². The van der Waals surface area contributed by atoms with E-state index in [-0.39, 0.29) is 21.9 Å². The van der Waals surface area contributed by atoms with Crippen LogP contribution in [0.25, 0.3) is 0 Å². The van der Waals surface area contributed by atoms with Crippen LogP contribution in [-0.2, 0) is 11.0 Å². The molecule has 0 aliphatic carbocycles. The number of hydrogen-bond acceptors (Lipinski definition) is 4. The highest BCUT2D eigenvalue weighted by molar-refractivity contribution is 7.86. The lowest BCUT2D eigenvalue weighted by Gasteiger charge is -2.57. The fraction of sp³-hybridized carbons (Fsp3) is 0.312. The van der Waals surface area contributed by atoms with Gasteiger partial charge in [0, 0.05) is 37.7 Å². The van der Waals surface area contributed by atoms with Gasteiger partial charge in [-0.25, -0.2) is 18.0 Å². The molecular weight excluding hydrogens is 389 g/mol. The van der Waals surface area contributed by atoms with Gasteiger partial charge in [-0.15, -0.1) is 0 Å². The predicted molar refractivity (Wildman–Crippen MR) is 93.1 cm³/mol. The Kier molecular flexibility index (Phi) is 4.32. The number of benzene rings is 1. The molecule has 10 heteroatoms. The molecule has 2 N–H and O–H groups in total. The van der Waals surface area contributed by atoms with E-state index < -0.39 is 33.5 Å². The highest BCUT2D eigenvalue weighted by Crippen LogP contribution is 2.42. The van der Waals surface area contributed by atoms with E-state index in [2.05, 4.69) is 15.0 Å². The third-order valence-electron chi connectivity index (χ3n) is 4.59. The van der Waals surface area contributed by atoms with Crippen LogP contribution < -0.4 is 14.9 Å². The minimum Gasteiger partial charge on any atom is -0.369 e. The zero-order chi connectivity index (χ0) is 18.5. The first kappa shape index (κ1) is 17.6. The van der Waals surface area contributed by atoms with Gasteiger partial charge in [-0.05, 0) is 12.1 Å². The smallest absolute Gasteiger partial charge is 0.214 e. The van der Waals surface area contributed by atoms with Crippen molar-refractivity contribution in [3.05, 3.63) is 46.9 Å². The van der Waals surface area contributed by atoms with E-state index in [9.17, 15) is 17.4 Å². The maximum atomic E-state index is 14.6. The second-order valence-electron chi connectivity index (χ2n) is 6.51. The molecule has 2 fully saturated rings. The largest absolute Gasteiger partial charge is 0.369 e. The molecule has 5 nitrogen and oxygen atoms in total. The molecule has 0 saturated carbocycles. The standard InChI is InChI=1S/C16H14ClF3N4OS/c17-13-10(24-7-16(8-24)5-21-6-16)4-9(18)15(14(13)20)26(25)23-12-3-1-2-11(19)22-12/h1-4,21H,5-8H2,(H,22,23). The lowest BCUT2D eigenvalue weighted by atomic mass is 9.74. The fourth-order valence-electron chi connectivity index (χ4n) is 3.21. The highest BCUT2D eigenvalue weighted by Gasteiger charge is 2.48. The molecular formula is C16H14ClF3N4OS. The van der Waals surface area contributed by atoms with Crippen LogP contribution in [0.3, 0.4) is 0 Å². The van der Waals surface area contributed by atoms with Crippen LogP contribution in [0.15, 0.2) is 29.2 Å². The summed E-state index contributed by atoms with van der Waals surface area (Å²) < 4.78 is 56.8. The molecule has 1 aromatic carbocycles. The van der Waals surface area contributed by atoms with Crippen molar-refractivity contribution in [2.45, 2.75) is 4.90 Å². The minimum atomic E-state index is -2.33. The molecule has 26 heavy (non-hydrogen) atoms. The van der Waals surface area contributed by atoms with Crippen LogP contribution in [0, 0.1) is 23.0 Å². The van der Waals surface area contributed by atoms with Crippen molar-refractivity contribution in [3.63, 3.8) is 0 Å². The van der Waals surface area contributed by atoms with Gasteiger partial charge >= 0.3 is 0 Å². The monoisotopic (exact) mass is 402 g/mol. The summed E-state index contributed by atoms with van der Waals surface area (Å²) in [5.41, 5.74) is 0.395. The van der Waals surface area contributed by atoms with Crippen LogP contribution in [0.5, 0.6) is 0 Å². The number of hydrogen-bond donors (Lipinski definition) is 2. The average molecular weight is 403 g/mol. The van der Waals surface area contributed by atoms with Crippen molar-refractivity contribution >= 4 is 34.1 Å². The lowest BCUT2D eigenvalue weighted by molar-refractivity contribution is 0.121. The molecule has 0 amide bonds. The molecule has 2 aliphatic heterocycles. The predicted octanol–water partition coefficient (Wildman–Crippen LogP) is 2.70. The zero-order valence-electron chi connectivity index (χ0n) is 13.4. The lowest BCUT2D eigenvalue weighted by Crippen LogP contribution is -2.71. The molecule has 2 aromatic rings. The zero-order valence-corrected chi connectivity index (χ0v) is 14.9. The Bertz CT molecular complexity index is 901. The van der Waals surface area contributed by atoms with Gasteiger partial charge in [0.05, 0.1) is 5.69 Å². The van der Waals surface area contributed by atoms with Crippen LogP contribution in [0.4, 0.5) is 24.7 Å². The molecule has 138 valence electrons. The Labute approximate surface area is 155 Å². The molecule has 2 aliphatic rings. The van der Waals surface area contributed by atoms with E-state index in [1.165, 1.54) is 12.1 Å². The molecule has 1 spiro atoms. The van der Waals surface area contributed by atoms with Gasteiger partial charge in [0.1, 0.15) is 21.6 Å². The number of halogens is 4. The summed E-state index contributed by atoms with van der Waals surface area (Å²) in [6.07, 6.45) is 0. The summed E-state index contributed by atoms with van der Waals surface area (Å²) in [6.45, 7) is 3.07. The molecule has 0 bridgehead atoms. The molecule has 1 aromatic heterocycles. The van der Waals surface area contributed by atoms with Crippen molar-refractivity contribution in [3.8, 4) is 0 Å². The van der Waals surface area contributed by atoms with E-state index in [4.69, 9.17) is 11.6 Å². The van der Waals surface area contributed by atoms with Gasteiger partial charge < -0.3 is 10.2 Å². The first-order valence-electron chi connectivity index (χ1n) is 7.83. The minimum absolute atomic E-state index is 0.107. The Morgan fingerprint density at radius 1 is 1.27 bits per heavy atom. The van der Waals surface area contributed by atoms with Crippen molar-refractivity contribution in [2.24, 2.45) is 5.41 Å². The Morgan fingerprint density at radius 3 is 2.62 bits per heavy atom. The molecule has 1 atom stereocenters. The molecule has 4 rings (SSSR count). The maximum absolute atomic E-state index is 14.6. The number of pyridine rings is 1. The summed E-state index contributed by atoms with van der Waals surface area (Å²) in [6, 6.07) is 4.84. The first-order valence-corrected chi connectivity index (χ1v) is 9.35. The number of rotatable bonds is 4. The van der Waals surface area contributed by atoms with Crippen molar-refractivity contribution in [1.82, 2.24) is 10.3 Å². The molecule has 3 heterocycles. The Balaban J connectivity index is 1.59. The second-order valence-corrected chi connectivity index (χ2v) is 8.04. The van der Waals surface area contributed by atoms with Gasteiger partial charge in [0.25, 0.3) is 0 Å². The van der Waals surface area contributed by atoms with E-state index in [0.717, 1.165) is 25.2 Å². The third kappa shape index (κ3) is 2.93. The summed E-state index contributed by atoms with van der Waals surface area (Å²) in [7, 11) is -2.33. The number of nitrogens with one attached hydrogen (secondary N) is 2. The van der Waals surface area contributed by atoms with Crippen LogP contribution >= 0.6 is 11.6 Å². The summed E-state index contributed by atoms with van der Waals surface area (Å²) in [4.78, 5) is 4.54. The summed E-state index contributed by atoms with van der Waals surface area (Å²) in [5, 5.41) is 2.89. The van der Waals surface area contributed by atoms with Gasteiger partial charge in [0.2, 0.25) is 5.95 Å². The molecule has 2 saturated heterocycles. The number of aromatic nitrogens is 1. The van der Waals surface area contributed by atoms with Gasteiger partial charge in [-0.1, -0.05) is 17.7 Å². The van der Waals surface area contributed by atoms with E-state index in [1.54, 1.807) is 4.90 Å². The SMILES string of the molecule is O=S(Nc1cccc(F)n1)c1c(F)cc(N2CC3(CNC3)C2)c(Cl)c1F. The van der Waals surface area contributed by atoms with E-state index in [1.807, 2.05) is 0 Å². The quantitative estimate of drug-likeness (QED) is 0.610. The topological polar surface area (TPSA) is 57.3 Å². The normalized spacial score (nSPS) is 19.0. The highest BCUT2D eigenvalue weighted by atomic mass is 35.5. The fourth-order valence-corrected chi connectivity index (χ4v) is 4.44. The van der Waals surface area contributed by atoms with Crippen molar-refractivity contribution in [1.29, 1.82) is 0 Å². The second kappa shape index (κ2) is 6.40. The van der Waals surface area contributed by atoms with Gasteiger partial charge in [0.15, 0.2) is 16.8 Å². The summed E-state index contributed by atoms with van der Waals surface area (Å²) in [5.74, 6) is -3.00. The molecule has 0 radical (unpaired) electrons. The van der Waals surface area contributed by atoms with Crippen LogP contribution in [0.1, 0.15) is 0 Å².